The van der Waals surface area contributed by atoms with Gasteiger partial charge in [0.15, 0.2) is 0 Å². The zero-order valence-corrected chi connectivity index (χ0v) is 14.8. The first-order valence-corrected chi connectivity index (χ1v) is 8.45. The van der Waals surface area contributed by atoms with Crippen molar-refractivity contribution in [1.29, 1.82) is 0 Å². The zero-order valence-electron chi connectivity index (χ0n) is 14.8. The van der Waals surface area contributed by atoms with Gasteiger partial charge in [-0.25, -0.2) is 4.39 Å². The van der Waals surface area contributed by atoms with Gasteiger partial charge < -0.3 is 10.2 Å². The van der Waals surface area contributed by atoms with Gasteiger partial charge in [-0.05, 0) is 23.3 Å². The number of carbonyl (C=O) groups is 2. The Morgan fingerprint density at radius 3 is 2.35 bits per heavy atom. The molecule has 0 aliphatic heterocycles. The molecule has 0 aliphatic rings. The minimum absolute atomic E-state index is 0.219. The maximum absolute atomic E-state index is 13.1. The molecule has 5 heteroatoms. The van der Waals surface area contributed by atoms with Gasteiger partial charge >= 0.3 is 0 Å². The molecule has 4 nitrogen and oxygen atoms in total. The van der Waals surface area contributed by atoms with Crippen molar-refractivity contribution in [2.45, 2.75) is 25.9 Å². The summed E-state index contributed by atoms with van der Waals surface area (Å²) >= 11 is 0. The van der Waals surface area contributed by atoms with Crippen LogP contribution in [0.15, 0.2) is 67.3 Å². The molecule has 2 rings (SSSR count). The topological polar surface area (TPSA) is 49.4 Å². The minimum Gasteiger partial charge on any atom is -0.351 e. The van der Waals surface area contributed by atoms with Crippen molar-refractivity contribution in [2.24, 2.45) is 0 Å². The van der Waals surface area contributed by atoms with Crippen LogP contribution in [0.5, 0.6) is 0 Å². The Bertz CT molecular complexity index is 744. The fourth-order valence-corrected chi connectivity index (χ4v) is 2.70. The van der Waals surface area contributed by atoms with Gasteiger partial charge in [0.05, 0.1) is 0 Å². The van der Waals surface area contributed by atoms with Crippen molar-refractivity contribution in [3.63, 3.8) is 0 Å². The van der Waals surface area contributed by atoms with Crippen molar-refractivity contribution in [3.8, 4) is 0 Å². The Kier molecular flexibility index (Phi) is 7.09. The Morgan fingerprint density at radius 1 is 1.12 bits per heavy atom. The van der Waals surface area contributed by atoms with Crippen LogP contribution in [0.4, 0.5) is 4.39 Å². The highest BCUT2D eigenvalue weighted by Crippen LogP contribution is 2.15. The van der Waals surface area contributed by atoms with Crippen LogP contribution in [-0.4, -0.2) is 29.3 Å². The van der Waals surface area contributed by atoms with E-state index in [0.29, 0.717) is 13.0 Å². The third kappa shape index (κ3) is 5.55. The summed E-state index contributed by atoms with van der Waals surface area (Å²) in [5.41, 5.74) is 1.72. The first-order chi connectivity index (χ1) is 12.5. The van der Waals surface area contributed by atoms with Crippen LogP contribution in [0, 0.1) is 5.82 Å². The average Bonchev–Trinajstić information content (AvgIpc) is 2.64. The van der Waals surface area contributed by atoms with Crippen LogP contribution < -0.4 is 5.32 Å². The van der Waals surface area contributed by atoms with Crippen molar-refractivity contribution in [1.82, 2.24) is 10.2 Å². The minimum atomic E-state index is -0.667. The molecule has 1 atom stereocenters. The van der Waals surface area contributed by atoms with E-state index in [1.807, 2.05) is 30.3 Å². The fraction of sp³-hybridized carbons (Fsp3) is 0.238. The Balaban J connectivity index is 2.27. The quantitative estimate of drug-likeness (QED) is 0.741. The number of halogens is 1. The molecule has 0 saturated heterocycles. The number of rotatable bonds is 8. The summed E-state index contributed by atoms with van der Waals surface area (Å²) in [6, 6.07) is 14.8. The van der Waals surface area contributed by atoms with Gasteiger partial charge in [-0.3, -0.25) is 9.59 Å². The van der Waals surface area contributed by atoms with Crippen LogP contribution in [0.1, 0.15) is 18.1 Å². The second-order valence-electron chi connectivity index (χ2n) is 6.01. The second-order valence-corrected chi connectivity index (χ2v) is 6.01. The third-order valence-corrected chi connectivity index (χ3v) is 4.04. The first-order valence-electron chi connectivity index (χ1n) is 8.45. The van der Waals surface area contributed by atoms with E-state index in [1.54, 1.807) is 18.2 Å². The maximum Gasteiger partial charge on any atom is 0.243 e. The molecule has 2 aromatic carbocycles. The van der Waals surface area contributed by atoms with Crippen molar-refractivity contribution < 1.29 is 14.0 Å². The molecule has 0 unspecified atom stereocenters. The van der Waals surface area contributed by atoms with Crippen LogP contribution in [0.2, 0.25) is 0 Å². The molecule has 0 aromatic heterocycles. The van der Waals surface area contributed by atoms with Gasteiger partial charge in [0, 0.05) is 26.4 Å². The fourth-order valence-electron chi connectivity index (χ4n) is 2.70. The van der Waals surface area contributed by atoms with E-state index < -0.39 is 6.04 Å². The molecule has 0 spiro atoms. The highest BCUT2D eigenvalue weighted by Gasteiger charge is 2.28. The van der Waals surface area contributed by atoms with E-state index in [4.69, 9.17) is 0 Å². The molecular weight excluding hydrogens is 331 g/mol. The largest absolute Gasteiger partial charge is 0.351 e. The molecule has 2 amide bonds. The van der Waals surface area contributed by atoms with E-state index in [1.165, 1.54) is 24.0 Å². The summed E-state index contributed by atoms with van der Waals surface area (Å²) in [6.07, 6.45) is 1.99. The Labute approximate surface area is 153 Å². The standard InChI is InChI=1S/C21H23FN2O2/c1-3-13-23-21(26)20(14-17-7-5-4-6-8-17)24(16(2)25)15-18-9-11-19(22)12-10-18/h3-12,20H,1,13-15H2,2H3,(H,23,26)/t20-/m0/s1. The highest BCUT2D eigenvalue weighted by molar-refractivity contribution is 5.87. The number of nitrogens with one attached hydrogen (secondary N) is 1. The average molecular weight is 354 g/mol. The third-order valence-electron chi connectivity index (χ3n) is 4.04. The lowest BCUT2D eigenvalue weighted by atomic mass is 10.0. The predicted octanol–water partition coefficient (Wildman–Crippen LogP) is 3.09. The lowest BCUT2D eigenvalue weighted by molar-refractivity contribution is -0.139. The van der Waals surface area contributed by atoms with Crippen molar-refractivity contribution in [2.75, 3.05) is 6.54 Å². The van der Waals surface area contributed by atoms with Gasteiger partial charge in [0.2, 0.25) is 11.8 Å². The Hall–Kier alpha value is -2.95. The van der Waals surface area contributed by atoms with E-state index in [9.17, 15) is 14.0 Å². The van der Waals surface area contributed by atoms with E-state index in [0.717, 1.165) is 11.1 Å². The summed E-state index contributed by atoms with van der Waals surface area (Å²) in [7, 11) is 0. The normalized spacial score (nSPS) is 11.5. The lowest BCUT2D eigenvalue weighted by Crippen LogP contribution is -2.49. The molecule has 0 heterocycles. The molecule has 0 aliphatic carbocycles. The molecule has 0 fully saturated rings. The summed E-state index contributed by atoms with van der Waals surface area (Å²) in [5, 5.41) is 2.77. The molecule has 0 saturated carbocycles. The lowest BCUT2D eigenvalue weighted by Gasteiger charge is -2.30. The number of hydrogen-bond donors (Lipinski definition) is 1. The smallest absolute Gasteiger partial charge is 0.243 e. The van der Waals surface area contributed by atoms with Gasteiger partial charge in [-0.1, -0.05) is 48.5 Å². The molecule has 136 valence electrons. The van der Waals surface area contributed by atoms with Crippen LogP contribution in [0.25, 0.3) is 0 Å². The van der Waals surface area contributed by atoms with E-state index >= 15 is 0 Å². The van der Waals surface area contributed by atoms with Crippen LogP contribution >= 0.6 is 0 Å². The summed E-state index contributed by atoms with van der Waals surface area (Å²) in [6.45, 7) is 5.59. The number of benzene rings is 2. The van der Waals surface area contributed by atoms with Crippen LogP contribution in [0.3, 0.4) is 0 Å². The summed E-state index contributed by atoms with van der Waals surface area (Å²) in [5.74, 6) is -0.803. The van der Waals surface area contributed by atoms with Crippen LogP contribution in [-0.2, 0) is 22.6 Å². The maximum atomic E-state index is 13.1. The molecular formula is C21H23FN2O2. The summed E-state index contributed by atoms with van der Waals surface area (Å²) < 4.78 is 13.1. The molecule has 0 radical (unpaired) electrons. The number of hydrogen-bond acceptors (Lipinski definition) is 2. The zero-order chi connectivity index (χ0) is 18.9. The molecule has 26 heavy (non-hydrogen) atoms. The van der Waals surface area contributed by atoms with Gasteiger partial charge in [0.1, 0.15) is 11.9 Å². The number of amides is 2. The van der Waals surface area contributed by atoms with Gasteiger partial charge in [-0.2, -0.15) is 0 Å². The van der Waals surface area contributed by atoms with Crippen molar-refractivity contribution in [3.05, 3.63) is 84.2 Å². The van der Waals surface area contributed by atoms with E-state index in [2.05, 4.69) is 11.9 Å². The van der Waals surface area contributed by atoms with Gasteiger partial charge in [0.25, 0.3) is 0 Å². The molecule has 1 N–H and O–H groups in total. The molecule has 2 aromatic rings. The number of carbonyl (C=O) groups excluding carboxylic acids is 2. The monoisotopic (exact) mass is 354 g/mol. The molecule has 0 bridgehead atoms. The second kappa shape index (κ2) is 9.51. The van der Waals surface area contributed by atoms with E-state index in [-0.39, 0.29) is 24.2 Å². The SMILES string of the molecule is C=CCNC(=O)[C@H](Cc1ccccc1)N(Cc1ccc(F)cc1)C(C)=O. The number of nitrogens with zero attached hydrogens (tertiary/aromatic N) is 1. The Morgan fingerprint density at radius 2 is 1.77 bits per heavy atom. The van der Waals surface area contributed by atoms with Crippen molar-refractivity contribution >= 4 is 11.8 Å². The van der Waals surface area contributed by atoms with Gasteiger partial charge in [-0.15, -0.1) is 6.58 Å². The predicted molar refractivity (Wildman–Crippen MR) is 99.8 cm³/mol. The highest BCUT2D eigenvalue weighted by atomic mass is 19.1. The summed E-state index contributed by atoms with van der Waals surface area (Å²) in [4.78, 5) is 26.5. The first kappa shape index (κ1) is 19.4.